The van der Waals surface area contributed by atoms with Gasteiger partial charge in [0.05, 0.1) is 7.11 Å². The number of methoxy groups -OCH3 is 1. The molecule has 5 heteroatoms. The normalized spacial score (nSPS) is 10.0. The predicted octanol–water partition coefficient (Wildman–Crippen LogP) is 0.958. The van der Waals surface area contributed by atoms with Crippen molar-refractivity contribution in [3.63, 3.8) is 0 Å². The fraction of sp³-hybridized carbons (Fsp3) is 0.417. The van der Waals surface area contributed by atoms with Crippen LogP contribution in [0.1, 0.15) is 12.0 Å². The Hall–Kier alpha value is -1.75. The van der Waals surface area contributed by atoms with Crippen molar-refractivity contribution in [3.05, 3.63) is 29.8 Å². The summed E-state index contributed by atoms with van der Waals surface area (Å²) in [7, 11) is 1.59. The second-order valence-corrected chi connectivity index (χ2v) is 3.69. The number of aliphatic hydroxyl groups is 1. The number of nitrogens with two attached hydrogens (primary N) is 1. The fourth-order valence-corrected chi connectivity index (χ4v) is 1.52. The van der Waals surface area contributed by atoms with E-state index in [9.17, 15) is 4.79 Å². The lowest BCUT2D eigenvalue weighted by molar-refractivity contribution is 0.195. The Morgan fingerprint density at radius 1 is 1.53 bits per heavy atom. The van der Waals surface area contributed by atoms with Crippen LogP contribution in [0.25, 0.3) is 0 Å². The highest BCUT2D eigenvalue weighted by atomic mass is 16.5. The molecule has 0 aliphatic rings. The lowest BCUT2D eigenvalue weighted by Gasteiger charge is -2.20. The number of carbonyl (C=O) groups is 1. The van der Waals surface area contributed by atoms with Crippen molar-refractivity contribution < 1.29 is 14.6 Å². The van der Waals surface area contributed by atoms with Gasteiger partial charge in [-0.2, -0.15) is 0 Å². The minimum Gasteiger partial charge on any atom is -0.497 e. The molecule has 0 saturated heterocycles. The Kier molecular flexibility index (Phi) is 5.29. The zero-order chi connectivity index (χ0) is 12.7. The standard InChI is InChI=1S/C12H18N2O3/c1-17-11-5-2-4-10(8-11)9-14(12(13)16)6-3-7-15/h2,4-5,8,15H,3,6-7,9H2,1H3,(H2,13,16). The highest BCUT2D eigenvalue weighted by Gasteiger charge is 2.09. The zero-order valence-electron chi connectivity index (χ0n) is 9.93. The molecule has 0 unspecified atom stereocenters. The second-order valence-electron chi connectivity index (χ2n) is 3.69. The van der Waals surface area contributed by atoms with Crippen molar-refractivity contribution >= 4 is 6.03 Å². The lowest BCUT2D eigenvalue weighted by Crippen LogP contribution is -2.36. The third kappa shape index (κ3) is 4.32. The molecule has 2 amide bonds. The molecule has 0 heterocycles. The minimum absolute atomic E-state index is 0.0435. The Morgan fingerprint density at radius 2 is 2.29 bits per heavy atom. The Morgan fingerprint density at radius 3 is 2.88 bits per heavy atom. The van der Waals surface area contributed by atoms with Crippen LogP contribution in [0.3, 0.4) is 0 Å². The molecule has 0 aromatic heterocycles. The first-order chi connectivity index (χ1) is 8.17. The predicted molar refractivity (Wildman–Crippen MR) is 64.7 cm³/mol. The van der Waals surface area contributed by atoms with E-state index in [1.54, 1.807) is 7.11 Å². The number of nitrogens with zero attached hydrogens (tertiary/aromatic N) is 1. The number of hydrogen-bond donors (Lipinski definition) is 2. The molecule has 0 saturated carbocycles. The first-order valence-corrected chi connectivity index (χ1v) is 5.45. The van der Waals surface area contributed by atoms with Crippen LogP contribution >= 0.6 is 0 Å². The summed E-state index contributed by atoms with van der Waals surface area (Å²) in [5.74, 6) is 0.745. The minimum atomic E-state index is -0.485. The van der Waals surface area contributed by atoms with Crippen molar-refractivity contribution in [2.75, 3.05) is 20.3 Å². The van der Waals surface area contributed by atoms with Crippen molar-refractivity contribution in [3.8, 4) is 5.75 Å². The van der Waals surface area contributed by atoms with Gasteiger partial charge in [-0.1, -0.05) is 12.1 Å². The van der Waals surface area contributed by atoms with Crippen LogP contribution in [0.15, 0.2) is 24.3 Å². The van der Waals surface area contributed by atoms with Gasteiger partial charge in [0, 0.05) is 19.7 Å². The van der Waals surface area contributed by atoms with E-state index < -0.39 is 6.03 Å². The summed E-state index contributed by atoms with van der Waals surface area (Å²) in [6.07, 6.45) is 0.521. The number of benzene rings is 1. The van der Waals surface area contributed by atoms with Gasteiger partial charge in [-0.15, -0.1) is 0 Å². The summed E-state index contributed by atoms with van der Waals surface area (Å²) in [6.45, 7) is 0.914. The van der Waals surface area contributed by atoms with E-state index in [4.69, 9.17) is 15.6 Å². The average Bonchev–Trinajstić information content (AvgIpc) is 2.34. The molecule has 0 spiro atoms. The summed E-state index contributed by atoms with van der Waals surface area (Å²) in [4.78, 5) is 12.7. The molecule has 0 aliphatic carbocycles. The van der Waals surface area contributed by atoms with Crippen molar-refractivity contribution in [1.29, 1.82) is 0 Å². The van der Waals surface area contributed by atoms with Crippen LogP contribution in [-0.4, -0.2) is 36.3 Å². The second kappa shape index (κ2) is 6.75. The van der Waals surface area contributed by atoms with E-state index in [1.165, 1.54) is 4.90 Å². The van der Waals surface area contributed by atoms with E-state index in [2.05, 4.69) is 0 Å². The quantitative estimate of drug-likeness (QED) is 0.775. The molecule has 1 rings (SSSR count). The van der Waals surface area contributed by atoms with Crippen molar-refractivity contribution in [1.82, 2.24) is 4.90 Å². The van der Waals surface area contributed by atoms with Gasteiger partial charge in [-0.05, 0) is 24.1 Å². The van der Waals surface area contributed by atoms with Crippen molar-refractivity contribution in [2.24, 2.45) is 5.73 Å². The Labute approximate surface area is 101 Å². The molecule has 94 valence electrons. The molecule has 1 aromatic rings. The third-order valence-corrected chi connectivity index (χ3v) is 2.41. The van der Waals surface area contributed by atoms with E-state index in [0.717, 1.165) is 11.3 Å². The fourth-order valence-electron chi connectivity index (χ4n) is 1.52. The van der Waals surface area contributed by atoms with Crippen LogP contribution in [-0.2, 0) is 6.54 Å². The number of rotatable bonds is 6. The molecule has 5 nitrogen and oxygen atoms in total. The van der Waals surface area contributed by atoms with Crippen LogP contribution in [0, 0.1) is 0 Å². The van der Waals surface area contributed by atoms with Crippen LogP contribution in [0.2, 0.25) is 0 Å². The SMILES string of the molecule is COc1cccc(CN(CCCO)C(N)=O)c1. The number of carbonyl (C=O) groups excluding carboxylic acids is 1. The van der Waals surface area contributed by atoms with E-state index in [1.807, 2.05) is 24.3 Å². The van der Waals surface area contributed by atoms with Gasteiger partial charge in [0.15, 0.2) is 0 Å². The zero-order valence-corrected chi connectivity index (χ0v) is 9.93. The van der Waals surface area contributed by atoms with E-state index >= 15 is 0 Å². The Bertz CT molecular complexity index is 369. The van der Waals surface area contributed by atoms with Gasteiger partial charge in [-0.3, -0.25) is 0 Å². The maximum atomic E-state index is 11.2. The van der Waals surface area contributed by atoms with Gasteiger partial charge >= 0.3 is 6.03 Å². The number of urea groups is 1. The topological polar surface area (TPSA) is 75.8 Å². The molecule has 1 aromatic carbocycles. The monoisotopic (exact) mass is 238 g/mol. The molecule has 0 radical (unpaired) electrons. The number of amides is 2. The molecule has 17 heavy (non-hydrogen) atoms. The molecule has 0 bridgehead atoms. The summed E-state index contributed by atoms with van der Waals surface area (Å²) in [5, 5.41) is 8.75. The maximum absolute atomic E-state index is 11.2. The molecular formula is C12H18N2O3. The smallest absolute Gasteiger partial charge is 0.315 e. The van der Waals surface area contributed by atoms with Gasteiger partial charge < -0.3 is 20.5 Å². The molecule has 0 aliphatic heterocycles. The van der Waals surface area contributed by atoms with Gasteiger partial charge in [-0.25, -0.2) is 4.79 Å². The maximum Gasteiger partial charge on any atom is 0.315 e. The number of primary amides is 1. The summed E-state index contributed by atoms with van der Waals surface area (Å²) in [6, 6.07) is 6.97. The van der Waals surface area contributed by atoms with E-state index in [0.29, 0.717) is 19.5 Å². The highest BCUT2D eigenvalue weighted by molar-refractivity contribution is 5.72. The van der Waals surface area contributed by atoms with Crippen molar-refractivity contribution in [2.45, 2.75) is 13.0 Å². The molecule has 3 N–H and O–H groups in total. The highest BCUT2D eigenvalue weighted by Crippen LogP contribution is 2.14. The van der Waals surface area contributed by atoms with Crippen LogP contribution in [0.4, 0.5) is 4.79 Å². The average molecular weight is 238 g/mol. The number of ether oxygens (including phenoxy) is 1. The molecule has 0 atom stereocenters. The number of hydrogen-bond acceptors (Lipinski definition) is 3. The third-order valence-electron chi connectivity index (χ3n) is 2.41. The summed E-state index contributed by atoms with van der Waals surface area (Å²) in [5.41, 5.74) is 6.22. The van der Waals surface area contributed by atoms with Crippen LogP contribution in [0.5, 0.6) is 5.75 Å². The largest absolute Gasteiger partial charge is 0.497 e. The summed E-state index contributed by atoms with van der Waals surface area (Å²) >= 11 is 0. The van der Waals surface area contributed by atoms with Gasteiger partial charge in [0.25, 0.3) is 0 Å². The lowest BCUT2D eigenvalue weighted by atomic mass is 10.2. The summed E-state index contributed by atoms with van der Waals surface area (Å²) < 4.78 is 5.10. The van der Waals surface area contributed by atoms with E-state index in [-0.39, 0.29) is 6.61 Å². The molecular weight excluding hydrogens is 220 g/mol. The first-order valence-electron chi connectivity index (χ1n) is 5.45. The van der Waals surface area contributed by atoms with Gasteiger partial charge in [0.1, 0.15) is 5.75 Å². The molecule has 0 fully saturated rings. The first kappa shape index (κ1) is 13.3. The Balaban J connectivity index is 2.67. The van der Waals surface area contributed by atoms with Gasteiger partial charge in [0.2, 0.25) is 0 Å². The number of aliphatic hydroxyl groups excluding tert-OH is 1. The van der Waals surface area contributed by atoms with Crippen LogP contribution < -0.4 is 10.5 Å².